The van der Waals surface area contributed by atoms with E-state index < -0.39 is 0 Å². The predicted molar refractivity (Wildman–Crippen MR) is 79.2 cm³/mol. The number of hydrogen-bond donors (Lipinski definition) is 2. The van der Waals surface area contributed by atoms with E-state index >= 15 is 0 Å². The number of aromatic nitrogens is 2. The number of benzene rings is 1. The van der Waals surface area contributed by atoms with Crippen LogP contribution in [0.15, 0.2) is 18.3 Å². The van der Waals surface area contributed by atoms with Crippen LogP contribution in [0.4, 0.5) is 0 Å². The largest absolute Gasteiger partial charge is 0.324 e. The number of fused-ring (bicyclic) bond motifs is 1. The summed E-state index contributed by atoms with van der Waals surface area (Å²) in [7, 11) is 0. The minimum Gasteiger partial charge on any atom is -0.324 e. The van der Waals surface area contributed by atoms with Gasteiger partial charge in [-0.05, 0) is 30.0 Å². The van der Waals surface area contributed by atoms with E-state index in [2.05, 4.69) is 10.2 Å². The Labute approximate surface area is 118 Å². The van der Waals surface area contributed by atoms with Crippen molar-refractivity contribution in [2.24, 2.45) is 11.7 Å². The van der Waals surface area contributed by atoms with Gasteiger partial charge in [-0.2, -0.15) is 5.10 Å². The highest BCUT2D eigenvalue weighted by Gasteiger charge is 2.19. The maximum atomic E-state index is 6.42. The van der Waals surface area contributed by atoms with E-state index in [4.69, 9.17) is 17.3 Å². The van der Waals surface area contributed by atoms with Gasteiger partial charge < -0.3 is 5.73 Å². The molecule has 0 radical (unpaired) electrons. The van der Waals surface area contributed by atoms with E-state index in [0.717, 1.165) is 33.8 Å². The van der Waals surface area contributed by atoms with Crippen LogP contribution < -0.4 is 5.73 Å². The van der Waals surface area contributed by atoms with Crippen LogP contribution in [-0.2, 0) is 0 Å². The third-order valence-corrected chi connectivity index (χ3v) is 4.49. The number of nitrogens with one attached hydrogen (secondary N) is 1. The molecule has 3 rings (SSSR count). The molecule has 1 heterocycles. The number of nitrogens with two attached hydrogens (primary N) is 1. The Balaban J connectivity index is 1.83. The second kappa shape index (κ2) is 5.51. The molecule has 1 aliphatic rings. The number of nitrogens with zero attached hydrogens (tertiary/aromatic N) is 1. The monoisotopic (exact) mass is 277 g/mol. The average Bonchev–Trinajstić information content (AvgIpc) is 2.86. The normalized spacial score (nSPS) is 18.8. The topological polar surface area (TPSA) is 54.7 Å². The molecule has 1 saturated carbocycles. The Kier molecular flexibility index (Phi) is 3.76. The molecular formula is C15H20ClN3. The number of aromatic amines is 1. The van der Waals surface area contributed by atoms with Gasteiger partial charge in [-0.15, -0.1) is 0 Å². The molecule has 0 spiro atoms. The molecule has 2 aromatic rings. The summed E-state index contributed by atoms with van der Waals surface area (Å²) in [5, 5.41) is 8.89. The highest BCUT2D eigenvalue weighted by atomic mass is 35.5. The summed E-state index contributed by atoms with van der Waals surface area (Å²) < 4.78 is 0. The Bertz CT molecular complexity index is 558. The maximum Gasteiger partial charge on any atom is 0.0668 e. The summed E-state index contributed by atoms with van der Waals surface area (Å²) in [6.45, 7) is 0. The molecule has 1 unspecified atom stereocenters. The van der Waals surface area contributed by atoms with Gasteiger partial charge in [0.25, 0.3) is 0 Å². The smallest absolute Gasteiger partial charge is 0.0668 e. The average molecular weight is 278 g/mol. The molecule has 0 saturated heterocycles. The standard InChI is InChI=1S/C15H20ClN3/c16-11-7-12(13-9-18-19-15(13)8-11)14(17)6-10-4-2-1-3-5-10/h7-10,14H,1-6,17H2,(H,18,19). The first-order valence-corrected chi connectivity index (χ1v) is 7.50. The Morgan fingerprint density at radius 1 is 1.32 bits per heavy atom. The van der Waals surface area contributed by atoms with Crippen molar-refractivity contribution in [1.82, 2.24) is 10.2 Å². The lowest BCUT2D eigenvalue weighted by Crippen LogP contribution is -2.17. The zero-order valence-electron chi connectivity index (χ0n) is 11.0. The Hall–Kier alpha value is -1.06. The summed E-state index contributed by atoms with van der Waals surface area (Å²) in [5.74, 6) is 0.768. The lowest BCUT2D eigenvalue weighted by molar-refractivity contribution is 0.319. The fourth-order valence-electron chi connectivity index (χ4n) is 3.26. The van der Waals surface area contributed by atoms with Crippen molar-refractivity contribution >= 4 is 22.5 Å². The molecule has 3 nitrogen and oxygen atoms in total. The van der Waals surface area contributed by atoms with Crippen molar-refractivity contribution in [3.63, 3.8) is 0 Å². The van der Waals surface area contributed by atoms with Gasteiger partial charge >= 0.3 is 0 Å². The van der Waals surface area contributed by atoms with Crippen LogP contribution in [0.2, 0.25) is 5.02 Å². The summed E-state index contributed by atoms with van der Waals surface area (Å²) in [6, 6.07) is 3.95. The lowest BCUT2D eigenvalue weighted by atomic mass is 9.83. The van der Waals surface area contributed by atoms with Crippen LogP contribution in [-0.4, -0.2) is 10.2 Å². The number of H-pyrrole nitrogens is 1. The van der Waals surface area contributed by atoms with Crippen molar-refractivity contribution in [3.05, 3.63) is 28.9 Å². The summed E-state index contributed by atoms with van der Waals surface area (Å²) in [5.41, 5.74) is 8.52. The van der Waals surface area contributed by atoms with Crippen molar-refractivity contribution < 1.29 is 0 Å². The molecule has 3 N–H and O–H groups in total. The van der Waals surface area contributed by atoms with Gasteiger partial charge in [0.15, 0.2) is 0 Å². The summed E-state index contributed by atoms with van der Waals surface area (Å²) in [4.78, 5) is 0. The molecule has 1 aromatic carbocycles. The van der Waals surface area contributed by atoms with Crippen LogP contribution in [0.3, 0.4) is 0 Å². The van der Waals surface area contributed by atoms with Crippen molar-refractivity contribution in [2.45, 2.75) is 44.6 Å². The van der Waals surface area contributed by atoms with Crippen LogP contribution in [0.5, 0.6) is 0 Å². The molecule has 0 bridgehead atoms. The molecule has 1 atom stereocenters. The zero-order chi connectivity index (χ0) is 13.2. The van der Waals surface area contributed by atoms with E-state index in [-0.39, 0.29) is 6.04 Å². The SMILES string of the molecule is NC(CC1CCCCC1)c1cc(Cl)cc2[nH]ncc12. The van der Waals surface area contributed by atoms with Crippen molar-refractivity contribution in [1.29, 1.82) is 0 Å². The Morgan fingerprint density at radius 2 is 2.11 bits per heavy atom. The molecule has 0 aliphatic heterocycles. The first-order valence-electron chi connectivity index (χ1n) is 7.12. The molecular weight excluding hydrogens is 258 g/mol. The quantitative estimate of drug-likeness (QED) is 0.884. The second-order valence-electron chi connectivity index (χ2n) is 5.67. The third-order valence-electron chi connectivity index (χ3n) is 4.27. The third kappa shape index (κ3) is 2.77. The van der Waals surface area contributed by atoms with Crippen LogP contribution in [0.1, 0.15) is 50.1 Å². The fourth-order valence-corrected chi connectivity index (χ4v) is 3.48. The fraction of sp³-hybridized carbons (Fsp3) is 0.533. The molecule has 1 aliphatic carbocycles. The van der Waals surface area contributed by atoms with Crippen LogP contribution in [0.25, 0.3) is 10.9 Å². The summed E-state index contributed by atoms with van der Waals surface area (Å²) >= 11 is 6.16. The molecule has 102 valence electrons. The zero-order valence-corrected chi connectivity index (χ0v) is 11.8. The first-order chi connectivity index (χ1) is 9.24. The summed E-state index contributed by atoms with van der Waals surface area (Å²) in [6.07, 6.45) is 9.64. The molecule has 1 fully saturated rings. The predicted octanol–water partition coefficient (Wildman–Crippen LogP) is 4.19. The minimum atomic E-state index is 0.0573. The number of hydrogen-bond acceptors (Lipinski definition) is 2. The maximum absolute atomic E-state index is 6.42. The highest BCUT2D eigenvalue weighted by molar-refractivity contribution is 6.31. The van der Waals surface area contributed by atoms with Gasteiger partial charge in [-0.3, -0.25) is 5.10 Å². The van der Waals surface area contributed by atoms with Gasteiger partial charge in [-0.25, -0.2) is 0 Å². The molecule has 19 heavy (non-hydrogen) atoms. The number of halogens is 1. The first kappa shape index (κ1) is 12.9. The van der Waals surface area contributed by atoms with E-state index in [9.17, 15) is 0 Å². The van der Waals surface area contributed by atoms with E-state index in [1.54, 1.807) is 0 Å². The molecule has 0 amide bonds. The minimum absolute atomic E-state index is 0.0573. The lowest BCUT2D eigenvalue weighted by Gasteiger charge is -2.25. The second-order valence-corrected chi connectivity index (χ2v) is 6.11. The van der Waals surface area contributed by atoms with E-state index in [1.807, 2.05) is 18.3 Å². The van der Waals surface area contributed by atoms with E-state index in [0.29, 0.717) is 0 Å². The van der Waals surface area contributed by atoms with Gasteiger partial charge in [0.1, 0.15) is 0 Å². The van der Waals surface area contributed by atoms with Crippen molar-refractivity contribution in [3.8, 4) is 0 Å². The van der Waals surface area contributed by atoms with Crippen LogP contribution >= 0.6 is 11.6 Å². The number of rotatable bonds is 3. The van der Waals surface area contributed by atoms with E-state index in [1.165, 1.54) is 32.1 Å². The molecule has 1 aromatic heterocycles. The van der Waals surface area contributed by atoms with Gasteiger partial charge in [-0.1, -0.05) is 43.7 Å². The van der Waals surface area contributed by atoms with Gasteiger partial charge in [0, 0.05) is 16.5 Å². The van der Waals surface area contributed by atoms with Crippen LogP contribution in [0, 0.1) is 5.92 Å². The molecule has 4 heteroatoms. The van der Waals surface area contributed by atoms with Gasteiger partial charge in [0.2, 0.25) is 0 Å². The van der Waals surface area contributed by atoms with Crippen molar-refractivity contribution in [2.75, 3.05) is 0 Å². The van der Waals surface area contributed by atoms with Gasteiger partial charge in [0.05, 0.1) is 11.7 Å². The highest BCUT2D eigenvalue weighted by Crippen LogP contribution is 2.34. The Morgan fingerprint density at radius 3 is 2.89 bits per heavy atom.